The fraction of sp³-hybridized carbons (Fsp3) is 0.643. The van der Waals surface area contributed by atoms with Gasteiger partial charge >= 0.3 is 0 Å². The first kappa shape index (κ1) is 20.7. The Labute approximate surface area is 147 Å². The molecule has 0 aliphatic carbocycles. The monoisotopic (exact) mass is 375 g/mol. The average Bonchev–Trinajstić information content (AvgIpc) is 2.44. The van der Waals surface area contributed by atoms with Crippen molar-refractivity contribution in [2.45, 2.75) is 38.4 Å². The van der Waals surface area contributed by atoms with E-state index in [1.54, 1.807) is 0 Å². The molecular weight excluding hydrogens is 350 g/mol. The number of aromatic nitrogens is 3. The van der Waals surface area contributed by atoms with Crippen LogP contribution in [0.15, 0.2) is 17.3 Å². The van der Waals surface area contributed by atoms with Crippen LogP contribution in [0.1, 0.15) is 27.2 Å². The zero-order valence-corrected chi connectivity index (χ0v) is 16.0. The number of nitrogens with zero attached hydrogens (tertiary/aromatic N) is 3. The maximum Gasteiger partial charge on any atom is 0.242 e. The lowest BCUT2D eigenvalue weighted by atomic mass is 10.0. The molecule has 1 atom stereocenters. The van der Waals surface area contributed by atoms with E-state index in [0.29, 0.717) is 16.8 Å². The van der Waals surface area contributed by atoms with Crippen LogP contribution in [0, 0.1) is 5.92 Å². The highest BCUT2D eigenvalue weighted by molar-refractivity contribution is 7.99. The summed E-state index contributed by atoms with van der Waals surface area (Å²) in [7, 11) is -3.49. The van der Waals surface area contributed by atoms with Crippen LogP contribution in [0.3, 0.4) is 0 Å². The van der Waals surface area contributed by atoms with Crippen molar-refractivity contribution < 1.29 is 13.5 Å². The molecule has 0 radical (unpaired) electrons. The minimum atomic E-state index is -3.49. The number of thioether (sulfide) groups is 1. The van der Waals surface area contributed by atoms with Gasteiger partial charge in [-0.3, -0.25) is 4.72 Å². The van der Waals surface area contributed by atoms with Gasteiger partial charge in [-0.2, -0.15) is 15.0 Å². The molecule has 0 saturated carbocycles. The normalized spacial score (nSPS) is 13.4. The topological polar surface area (TPSA) is 117 Å². The summed E-state index contributed by atoms with van der Waals surface area (Å²) < 4.78 is 25.1. The van der Waals surface area contributed by atoms with E-state index < -0.39 is 10.0 Å². The van der Waals surface area contributed by atoms with Crippen LogP contribution in [0.25, 0.3) is 0 Å². The number of aliphatic hydroxyl groups is 1. The van der Waals surface area contributed by atoms with Gasteiger partial charge in [0.25, 0.3) is 0 Å². The fourth-order valence-electron chi connectivity index (χ4n) is 1.85. The van der Waals surface area contributed by atoms with Gasteiger partial charge in [0.2, 0.25) is 21.9 Å². The van der Waals surface area contributed by atoms with Crippen LogP contribution in [-0.2, 0) is 10.0 Å². The van der Waals surface area contributed by atoms with Gasteiger partial charge < -0.3 is 10.4 Å². The number of sulfonamides is 1. The van der Waals surface area contributed by atoms with Crippen LogP contribution in [0.5, 0.6) is 0 Å². The molecule has 1 aromatic rings. The molecule has 0 saturated heterocycles. The molecule has 1 rings (SSSR count). The summed E-state index contributed by atoms with van der Waals surface area (Å²) in [4.78, 5) is 12.5. The van der Waals surface area contributed by atoms with Crippen molar-refractivity contribution in [3.05, 3.63) is 12.2 Å². The third kappa shape index (κ3) is 8.46. The van der Waals surface area contributed by atoms with Crippen molar-refractivity contribution in [1.29, 1.82) is 0 Å². The largest absolute Gasteiger partial charge is 0.394 e. The van der Waals surface area contributed by atoms with E-state index in [2.05, 4.69) is 25.0 Å². The standard InChI is InChI=1S/C14H25N5O3S2/c1-5-6-7-23-14-17-12(15-11(9-20)8-10(2)3)16-13(18-14)19-24(4,21)22/h5-6,10-11,20H,7-9H2,1-4H3,(H2,15,16,17,18,19)/b6-5+/t11-/m1/s1. The highest BCUT2D eigenvalue weighted by atomic mass is 32.2. The van der Waals surface area contributed by atoms with Gasteiger partial charge in [-0.05, 0) is 19.3 Å². The van der Waals surface area contributed by atoms with E-state index in [0.717, 1.165) is 12.7 Å². The molecule has 136 valence electrons. The zero-order valence-electron chi connectivity index (χ0n) is 14.4. The number of hydrogen-bond donors (Lipinski definition) is 3. The summed E-state index contributed by atoms with van der Waals surface area (Å²) in [5.74, 6) is 1.24. The molecule has 0 aromatic carbocycles. The highest BCUT2D eigenvalue weighted by Crippen LogP contribution is 2.18. The smallest absolute Gasteiger partial charge is 0.242 e. The predicted molar refractivity (Wildman–Crippen MR) is 97.8 cm³/mol. The Bertz CT molecular complexity index is 650. The second-order valence-electron chi connectivity index (χ2n) is 5.67. The van der Waals surface area contributed by atoms with E-state index in [-0.39, 0.29) is 24.5 Å². The zero-order chi connectivity index (χ0) is 18.2. The van der Waals surface area contributed by atoms with Crippen LogP contribution in [-0.4, -0.2) is 53.1 Å². The Kier molecular flexibility index (Phi) is 8.43. The molecule has 0 unspecified atom stereocenters. The molecule has 10 heteroatoms. The Morgan fingerprint density at radius 2 is 1.92 bits per heavy atom. The molecule has 0 fully saturated rings. The summed E-state index contributed by atoms with van der Waals surface area (Å²) in [6.07, 6.45) is 5.62. The predicted octanol–water partition coefficient (Wildman–Crippen LogP) is 1.73. The fourth-order valence-corrected chi connectivity index (χ4v) is 3.01. The third-order valence-corrected chi connectivity index (χ3v) is 4.10. The van der Waals surface area contributed by atoms with E-state index >= 15 is 0 Å². The quantitative estimate of drug-likeness (QED) is 0.418. The van der Waals surface area contributed by atoms with E-state index in [1.165, 1.54) is 11.8 Å². The molecular formula is C14H25N5O3S2. The van der Waals surface area contributed by atoms with Gasteiger partial charge in [0.1, 0.15) is 0 Å². The lowest BCUT2D eigenvalue weighted by Crippen LogP contribution is -2.27. The minimum Gasteiger partial charge on any atom is -0.394 e. The molecule has 24 heavy (non-hydrogen) atoms. The van der Waals surface area contributed by atoms with Gasteiger partial charge in [-0.1, -0.05) is 37.8 Å². The van der Waals surface area contributed by atoms with Crippen LogP contribution in [0.4, 0.5) is 11.9 Å². The second kappa shape index (κ2) is 9.80. The van der Waals surface area contributed by atoms with Crippen molar-refractivity contribution in [1.82, 2.24) is 15.0 Å². The first-order chi connectivity index (χ1) is 11.2. The Morgan fingerprint density at radius 1 is 1.25 bits per heavy atom. The van der Waals surface area contributed by atoms with E-state index in [9.17, 15) is 13.5 Å². The molecule has 1 heterocycles. The van der Waals surface area contributed by atoms with Crippen LogP contribution < -0.4 is 10.0 Å². The maximum atomic E-state index is 11.4. The molecule has 0 aliphatic heterocycles. The number of hydrogen-bond acceptors (Lipinski definition) is 8. The van der Waals surface area contributed by atoms with Gasteiger partial charge in [-0.15, -0.1) is 0 Å². The number of allylic oxidation sites excluding steroid dienone is 1. The molecule has 0 amide bonds. The lowest BCUT2D eigenvalue weighted by molar-refractivity contribution is 0.259. The SMILES string of the molecule is C/C=C/CSc1nc(N[C@@H](CO)CC(C)C)nc(NS(C)(=O)=O)n1. The number of aliphatic hydroxyl groups excluding tert-OH is 1. The van der Waals surface area contributed by atoms with Gasteiger partial charge in [0.05, 0.1) is 18.9 Å². The maximum absolute atomic E-state index is 11.4. The summed E-state index contributed by atoms with van der Waals surface area (Å²) in [5, 5.41) is 12.9. The van der Waals surface area contributed by atoms with Crippen molar-refractivity contribution in [3.63, 3.8) is 0 Å². The van der Waals surface area contributed by atoms with Gasteiger partial charge in [0.15, 0.2) is 5.16 Å². The number of rotatable bonds is 10. The molecule has 3 N–H and O–H groups in total. The average molecular weight is 376 g/mol. The first-order valence-corrected chi connectivity index (χ1v) is 10.5. The minimum absolute atomic E-state index is 0.0424. The van der Waals surface area contributed by atoms with Crippen molar-refractivity contribution in [2.75, 3.05) is 28.7 Å². The number of nitrogens with one attached hydrogen (secondary N) is 2. The first-order valence-electron chi connectivity index (χ1n) is 7.58. The highest BCUT2D eigenvalue weighted by Gasteiger charge is 2.15. The van der Waals surface area contributed by atoms with Crippen molar-refractivity contribution in [3.8, 4) is 0 Å². The number of anilines is 2. The molecule has 0 bridgehead atoms. The Morgan fingerprint density at radius 3 is 2.46 bits per heavy atom. The Balaban J connectivity index is 3.02. The molecule has 8 nitrogen and oxygen atoms in total. The molecule has 0 aliphatic rings. The Hall–Kier alpha value is -1.39. The summed E-state index contributed by atoms with van der Waals surface area (Å²) in [6, 6.07) is -0.216. The van der Waals surface area contributed by atoms with Gasteiger partial charge in [0, 0.05) is 5.75 Å². The van der Waals surface area contributed by atoms with Crippen LogP contribution >= 0.6 is 11.8 Å². The lowest BCUT2D eigenvalue weighted by Gasteiger charge is -2.18. The third-order valence-electron chi connectivity index (χ3n) is 2.75. The van der Waals surface area contributed by atoms with Crippen LogP contribution in [0.2, 0.25) is 0 Å². The van der Waals surface area contributed by atoms with Gasteiger partial charge in [-0.25, -0.2) is 8.42 Å². The van der Waals surface area contributed by atoms with Crippen molar-refractivity contribution >= 4 is 33.7 Å². The summed E-state index contributed by atoms with van der Waals surface area (Å²) in [6.45, 7) is 5.94. The molecule has 1 aromatic heterocycles. The molecule has 0 spiro atoms. The summed E-state index contributed by atoms with van der Waals surface area (Å²) in [5.41, 5.74) is 0. The second-order valence-corrected chi connectivity index (χ2v) is 8.41. The van der Waals surface area contributed by atoms with E-state index in [4.69, 9.17) is 0 Å². The summed E-state index contributed by atoms with van der Waals surface area (Å²) >= 11 is 1.36. The van der Waals surface area contributed by atoms with Crippen molar-refractivity contribution in [2.24, 2.45) is 5.92 Å². The van der Waals surface area contributed by atoms with E-state index in [1.807, 2.05) is 32.9 Å².